The van der Waals surface area contributed by atoms with Crippen molar-refractivity contribution in [1.29, 1.82) is 0 Å². The average Bonchev–Trinajstić information content (AvgIpc) is 1.45. The summed E-state index contributed by atoms with van der Waals surface area (Å²) >= 11 is 0. The van der Waals surface area contributed by atoms with Crippen molar-refractivity contribution in [3.8, 4) is 0 Å². The molecule has 3 aromatic carbocycles. The van der Waals surface area contributed by atoms with Crippen molar-refractivity contribution in [2.24, 2.45) is 87.8 Å². The first-order valence-corrected chi connectivity index (χ1v) is 33.8. The van der Waals surface area contributed by atoms with Crippen molar-refractivity contribution < 1.29 is 66.6 Å². The maximum atomic E-state index is 14.5. The monoisotopic (exact) mass is 1210 g/mol. The third kappa shape index (κ3) is 13.7. The maximum absolute atomic E-state index is 14.5. The van der Waals surface area contributed by atoms with Crippen LogP contribution < -0.4 is 0 Å². The molecule has 4 saturated carbocycles. The van der Waals surface area contributed by atoms with Crippen molar-refractivity contribution in [3.63, 3.8) is 0 Å². The summed E-state index contributed by atoms with van der Waals surface area (Å²) in [6.07, 6.45) is 4.93. The minimum atomic E-state index is -1.06. The minimum absolute atomic E-state index is 0.00488. The topological polar surface area (TPSA) is 168 Å². The van der Waals surface area contributed by atoms with Crippen LogP contribution in [0.1, 0.15) is 191 Å². The van der Waals surface area contributed by atoms with E-state index in [0.717, 1.165) is 51.4 Å². The van der Waals surface area contributed by atoms with Gasteiger partial charge in [-0.3, -0.25) is 9.59 Å². The summed E-state index contributed by atoms with van der Waals surface area (Å²) < 4.78 is 59.2. The number of benzene rings is 3. The van der Waals surface area contributed by atoms with Gasteiger partial charge < -0.3 is 42.6 Å². The molecule has 0 radical (unpaired) electrons. The Balaban J connectivity index is 0.745. The van der Waals surface area contributed by atoms with E-state index in [0.29, 0.717) is 72.0 Å². The Kier molecular flexibility index (Phi) is 21.3. The van der Waals surface area contributed by atoms with Crippen LogP contribution in [0, 0.1) is 87.8 Å². The molecular weight excluding hydrogens is 1110 g/mol. The molecule has 482 valence electrons. The van der Waals surface area contributed by atoms with Crippen LogP contribution in [0.5, 0.6) is 0 Å². The fourth-order valence-corrected chi connectivity index (χ4v) is 17.7. The number of fused-ring (bicyclic) bond motifs is 5. The zero-order valence-electron chi connectivity index (χ0n) is 54.6. The number of hydrogen-bond acceptors (Lipinski definition) is 14. The van der Waals surface area contributed by atoms with Gasteiger partial charge in [-0.05, 0) is 159 Å². The Hall–Kier alpha value is -4.83. The first-order chi connectivity index (χ1) is 42.1. The van der Waals surface area contributed by atoms with Crippen LogP contribution in [-0.2, 0) is 52.2 Å². The molecular formula is C74H102O14. The second-order valence-corrected chi connectivity index (χ2v) is 28.8. The molecule has 25 atom stereocenters. The summed E-state index contributed by atoms with van der Waals surface area (Å²) in [6.45, 7) is 26.4. The normalized spacial score (nSPS) is 39.6. The third-order valence-corrected chi connectivity index (χ3v) is 23.7. The van der Waals surface area contributed by atoms with E-state index >= 15 is 0 Å². The van der Waals surface area contributed by atoms with E-state index in [1.165, 1.54) is 0 Å². The lowest BCUT2D eigenvalue weighted by molar-refractivity contribution is -0.333. The maximum Gasteiger partial charge on any atom is 0.338 e. The molecule has 7 aliphatic rings. The minimum Gasteiger partial charge on any atom is -0.459 e. The van der Waals surface area contributed by atoms with Crippen molar-refractivity contribution in [1.82, 2.24) is 0 Å². The zero-order valence-corrected chi connectivity index (χ0v) is 54.6. The molecule has 3 aliphatic heterocycles. The number of carbonyl (C=O) groups excluding carboxylic acids is 5. The second kappa shape index (κ2) is 28.4. The number of esters is 3. The van der Waals surface area contributed by atoms with Crippen LogP contribution in [-0.4, -0.2) is 104 Å². The largest absolute Gasteiger partial charge is 0.459 e. The number of Topliss-reactive ketones (excluding diaryl/α,β-unsaturated/α-hetero) is 2. The molecule has 0 amide bonds. The van der Waals surface area contributed by atoms with E-state index in [1.807, 2.05) is 58.0 Å². The van der Waals surface area contributed by atoms with Gasteiger partial charge in [0.15, 0.2) is 25.0 Å². The van der Waals surface area contributed by atoms with E-state index < -0.39 is 61.0 Å². The predicted octanol–water partition coefficient (Wildman–Crippen LogP) is 14.4. The Morgan fingerprint density at radius 2 is 1.11 bits per heavy atom. The summed E-state index contributed by atoms with van der Waals surface area (Å²) in [4.78, 5) is 69.5. The Bertz CT molecular complexity index is 2830. The van der Waals surface area contributed by atoms with Gasteiger partial charge in [-0.1, -0.05) is 138 Å². The third-order valence-electron chi connectivity index (χ3n) is 23.7. The van der Waals surface area contributed by atoms with E-state index in [1.54, 1.807) is 60.7 Å². The van der Waals surface area contributed by atoms with Crippen LogP contribution in [0.3, 0.4) is 0 Å². The van der Waals surface area contributed by atoms with E-state index in [2.05, 4.69) is 55.4 Å². The van der Waals surface area contributed by atoms with Gasteiger partial charge in [-0.15, -0.1) is 0 Å². The molecule has 14 unspecified atom stereocenters. The highest BCUT2D eigenvalue weighted by atomic mass is 16.7. The van der Waals surface area contributed by atoms with E-state index in [4.69, 9.17) is 42.6 Å². The fourth-order valence-electron chi connectivity index (χ4n) is 17.7. The molecule has 0 spiro atoms. The van der Waals surface area contributed by atoms with Gasteiger partial charge in [0, 0.05) is 42.4 Å². The van der Waals surface area contributed by atoms with Crippen LogP contribution in [0.2, 0.25) is 0 Å². The van der Waals surface area contributed by atoms with E-state index in [9.17, 15) is 24.0 Å². The molecule has 3 heterocycles. The lowest BCUT2D eigenvalue weighted by Crippen LogP contribution is -2.57. The summed E-state index contributed by atoms with van der Waals surface area (Å²) in [5.41, 5.74) is 1.09. The first-order valence-electron chi connectivity index (χ1n) is 33.8. The van der Waals surface area contributed by atoms with Gasteiger partial charge in [0.25, 0.3) is 0 Å². The Morgan fingerprint density at radius 1 is 0.568 bits per heavy atom. The lowest BCUT2D eigenvalue weighted by atomic mass is 9.44. The number of carbonyl (C=O) groups is 5. The summed E-state index contributed by atoms with van der Waals surface area (Å²) in [5, 5.41) is 0. The Morgan fingerprint density at radius 3 is 1.74 bits per heavy atom. The van der Waals surface area contributed by atoms with Crippen molar-refractivity contribution in [3.05, 3.63) is 108 Å². The van der Waals surface area contributed by atoms with Gasteiger partial charge in [-0.2, -0.15) is 0 Å². The number of rotatable bonds is 21. The highest BCUT2D eigenvalue weighted by Gasteiger charge is 2.64. The molecule has 0 bridgehead atoms. The quantitative estimate of drug-likeness (QED) is 0.0561. The molecule has 7 fully saturated rings. The molecule has 14 nitrogen and oxygen atoms in total. The molecule has 14 heteroatoms. The molecule has 88 heavy (non-hydrogen) atoms. The molecule has 3 aromatic rings. The molecule has 0 aromatic heterocycles. The van der Waals surface area contributed by atoms with Gasteiger partial charge in [0.1, 0.15) is 30.4 Å². The van der Waals surface area contributed by atoms with Crippen LogP contribution in [0.4, 0.5) is 0 Å². The fraction of sp³-hybridized carbons (Fsp3) is 0.689. The van der Waals surface area contributed by atoms with Gasteiger partial charge in [-0.25, -0.2) is 14.4 Å². The molecule has 4 aliphatic carbocycles. The second-order valence-electron chi connectivity index (χ2n) is 28.8. The van der Waals surface area contributed by atoms with Crippen molar-refractivity contribution in [2.45, 2.75) is 222 Å². The molecule has 0 N–H and O–H groups in total. The van der Waals surface area contributed by atoms with Gasteiger partial charge in [0.2, 0.25) is 0 Å². The van der Waals surface area contributed by atoms with Crippen LogP contribution >= 0.6 is 0 Å². The average molecular weight is 1220 g/mol. The summed E-state index contributed by atoms with van der Waals surface area (Å²) in [7, 11) is 0. The SMILES string of the molecule is CCC1O[C@@H](O[C@H]2C(COC(=O)c3ccccc3)O[C@@H](OC3CCC4(C)C(CCC5C4CCC4(C)C5CC(=O)C4[C@H](C)C(=O)CC[C@H](C)CO[C@@H]4OC(CC)[C@H](C)[C@H](OC(=O)c5ccccc5)C4OC(=O)c4ccccc4)C3)C(C)[C@H]2C)C(C)[C@@H](C)[C@@H]1C. The van der Waals surface area contributed by atoms with Crippen molar-refractivity contribution >= 4 is 29.5 Å². The predicted molar refractivity (Wildman–Crippen MR) is 333 cm³/mol. The molecule has 3 saturated heterocycles. The molecule has 10 rings (SSSR count). The zero-order chi connectivity index (χ0) is 62.8. The van der Waals surface area contributed by atoms with Gasteiger partial charge in [0.05, 0.1) is 47.7 Å². The number of hydrogen-bond donors (Lipinski definition) is 0. The highest BCUT2D eigenvalue weighted by Crippen LogP contribution is 2.68. The summed E-state index contributed by atoms with van der Waals surface area (Å²) in [6, 6.07) is 26.5. The number of ketones is 2. The van der Waals surface area contributed by atoms with Gasteiger partial charge >= 0.3 is 17.9 Å². The van der Waals surface area contributed by atoms with Crippen molar-refractivity contribution in [2.75, 3.05) is 13.2 Å². The smallest absolute Gasteiger partial charge is 0.338 e. The van der Waals surface area contributed by atoms with Crippen LogP contribution in [0.25, 0.3) is 0 Å². The first kappa shape index (κ1) is 66.1. The highest BCUT2D eigenvalue weighted by molar-refractivity contribution is 5.92. The lowest BCUT2D eigenvalue weighted by Gasteiger charge is -2.61. The number of ether oxygens (including phenoxy) is 9. The van der Waals surface area contributed by atoms with E-state index in [-0.39, 0.29) is 101 Å². The standard InChI is InChI=1S/C74H102O14/c1-13-60-44(5)43(4)46(7)71(83-60)88-64-45(6)47(8)70(85-62(64)41-80-67(77)50-24-18-15-19-25-50)82-54-34-36-73(11)53(38-54)31-32-55-56(73)35-37-74(12)57(55)39-59(76)63(74)48(9)58(75)33-30-42(3)40-81-72-66(87-69(79)52-28-22-17-23-29-52)65(49(10)61(14-2)84-72)86-68(78)51-26-20-16-21-27-51/h15-29,42-49,53-57,60-66,70-72H,13-14,30-41H2,1-12H3/t42-,43-,44-,45+,46?,47?,48+,49-,53?,54?,55?,56?,57?,60?,61?,62?,63?,64+,65-,66?,70+,71-,72+,73?,74?/m0/s1. The van der Waals surface area contributed by atoms with Crippen LogP contribution in [0.15, 0.2) is 91.0 Å². The summed E-state index contributed by atoms with van der Waals surface area (Å²) in [5.74, 6) is 0.377. The Labute approximate surface area is 524 Å².